The molecule has 0 saturated carbocycles. The molecular formula is C15H27N3O2S. The minimum Gasteiger partial charge on any atom is -0.317 e. The number of nitrogens with zero attached hydrogens (tertiary/aromatic N) is 3. The minimum atomic E-state index is -3.31. The van der Waals surface area contributed by atoms with Gasteiger partial charge in [-0.15, -0.1) is 0 Å². The molecule has 0 amide bonds. The normalized spacial score (nSPS) is 12.3. The zero-order chi connectivity index (χ0) is 16.2. The number of hydrogen-bond acceptors (Lipinski definition) is 4. The van der Waals surface area contributed by atoms with Crippen molar-refractivity contribution in [1.29, 1.82) is 0 Å². The summed E-state index contributed by atoms with van der Waals surface area (Å²) in [5.74, 6) is 0.356. The Morgan fingerprint density at radius 2 is 2.10 bits per heavy atom. The fourth-order valence-corrected chi connectivity index (χ4v) is 3.10. The molecule has 120 valence electrons. The highest BCUT2D eigenvalue weighted by Crippen LogP contribution is 2.16. The van der Waals surface area contributed by atoms with Crippen LogP contribution in [0.2, 0.25) is 0 Å². The minimum absolute atomic E-state index is 0.164. The number of hydrogen-bond donors (Lipinski definition) is 0. The van der Waals surface area contributed by atoms with Gasteiger partial charge in [-0.3, -0.25) is 4.90 Å². The molecule has 1 aromatic heterocycles. The maximum atomic E-state index is 11.9. The predicted molar refractivity (Wildman–Crippen MR) is 85.9 cm³/mol. The molecule has 1 heterocycles. The summed E-state index contributed by atoms with van der Waals surface area (Å²) in [5, 5.41) is 0.164. The van der Waals surface area contributed by atoms with Crippen LogP contribution in [0.1, 0.15) is 33.4 Å². The van der Waals surface area contributed by atoms with Crippen molar-refractivity contribution in [3.05, 3.63) is 24.0 Å². The number of rotatable bonds is 8. The van der Waals surface area contributed by atoms with Crippen LogP contribution in [-0.4, -0.2) is 42.2 Å². The van der Waals surface area contributed by atoms with Crippen molar-refractivity contribution >= 4 is 9.84 Å². The lowest BCUT2D eigenvalue weighted by atomic mass is 10.2. The summed E-state index contributed by atoms with van der Waals surface area (Å²) in [5.41, 5.74) is 2.03. The third kappa shape index (κ3) is 5.28. The van der Waals surface area contributed by atoms with Crippen LogP contribution in [0.4, 0.5) is 0 Å². The van der Waals surface area contributed by atoms with Crippen LogP contribution in [0.25, 0.3) is 0 Å². The van der Waals surface area contributed by atoms with Gasteiger partial charge in [0, 0.05) is 25.9 Å². The van der Waals surface area contributed by atoms with E-state index in [0.717, 1.165) is 24.4 Å². The number of aromatic nitrogens is 2. The van der Waals surface area contributed by atoms with E-state index in [1.165, 1.54) is 6.26 Å². The van der Waals surface area contributed by atoms with Crippen molar-refractivity contribution in [2.24, 2.45) is 5.92 Å². The van der Waals surface area contributed by atoms with Gasteiger partial charge < -0.3 is 4.57 Å². The van der Waals surface area contributed by atoms with Crippen molar-refractivity contribution in [2.45, 2.75) is 45.9 Å². The molecule has 6 heteroatoms. The van der Waals surface area contributed by atoms with Gasteiger partial charge in [-0.25, -0.2) is 13.4 Å². The van der Waals surface area contributed by atoms with E-state index in [1.54, 1.807) is 6.20 Å². The van der Waals surface area contributed by atoms with Gasteiger partial charge in [0.25, 0.3) is 0 Å². The standard InChI is InChI=1S/C15H27N3O2S/c1-7-17(9-12(2)3)11-14-8-16-15(21(6,19)20)18(14)10-13(4)5/h8,13H,2,7,9-11H2,1,3-6H3. The van der Waals surface area contributed by atoms with Crippen molar-refractivity contribution in [3.63, 3.8) is 0 Å². The molecule has 0 unspecified atom stereocenters. The Kier molecular flexibility index (Phi) is 6.16. The van der Waals surface area contributed by atoms with Crippen molar-refractivity contribution in [1.82, 2.24) is 14.5 Å². The molecule has 0 spiro atoms. The van der Waals surface area contributed by atoms with Crippen molar-refractivity contribution in [2.75, 3.05) is 19.3 Å². The molecule has 1 aromatic rings. The highest BCUT2D eigenvalue weighted by molar-refractivity contribution is 7.90. The van der Waals surface area contributed by atoms with Crippen LogP contribution in [-0.2, 0) is 22.9 Å². The van der Waals surface area contributed by atoms with Crippen molar-refractivity contribution < 1.29 is 8.42 Å². The molecule has 0 saturated heterocycles. The van der Waals surface area contributed by atoms with Crippen LogP contribution < -0.4 is 0 Å². The van der Waals surface area contributed by atoms with Crippen LogP contribution in [0.5, 0.6) is 0 Å². The van der Waals surface area contributed by atoms with E-state index in [0.29, 0.717) is 19.0 Å². The summed E-state index contributed by atoms with van der Waals surface area (Å²) in [6.45, 7) is 15.2. The topological polar surface area (TPSA) is 55.2 Å². The van der Waals surface area contributed by atoms with E-state index in [9.17, 15) is 8.42 Å². The molecule has 5 nitrogen and oxygen atoms in total. The first-order chi connectivity index (χ1) is 9.65. The zero-order valence-corrected chi connectivity index (χ0v) is 14.6. The maximum absolute atomic E-state index is 11.9. The second-order valence-electron chi connectivity index (χ2n) is 6.07. The molecule has 0 radical (unpaired) electrons. The monoisotopic (exact) mass is 313 g/mol. The summed E-state index contributed by atoms with van der Waals surface area (Å²) in [6, 6.07) is 0. The van der Waals surface area contributed by atoms with E-state index in [-0.39, 0.29) is 5.16 Å². The molecule has 0 N–H and O–H groups in total. The Morgan fingerprint density at radius 3 is 2.52 bits per heavy atom. The van der Waals surface area contributed by atoms with E-state index >= 15 is 0 Å². The summed E-state index contributed by atoms with van der Waals surface area (Å²) in [4.78, 5) is 6.36. The fourth-order valence-electron chi connectivity index (χ4n) is 2.26. The largest absolute Gasteiger partial charge is 0.317 e. The molecule has 0 aliphatic heterocycles. The summed E-state index contributed by atoms with van der Waals surface area (Å²) in [7, 11) is -3.31. The van der Waals surface area contributed by atoms with E-state index in [4.69, 9.17) is 0 Å². The summed E-state index contributed by atoms with van der Waals surface area (Å²) < 4.78 is 25.6. The van der Waals surface area contributed by atoms with Gasteiger partial charge in [0.15, 0.2) is 0 Å². The van der Waals surface area contributed by atoms with Crippen LogP contribution in [0.15, 0.2) is 23.5 Å². The van der Waals surface area contributed by atoms with Gasteiger partial charge in [0.2, 0.25) is 15.0 Å². The Bertz CT molecular complexity index is 588. The smallest absolute Gasteiger partial charge is 0.227 e. The predicted octanol–water partition coefficient (Wildman–Crippen LogP) is 2.34. The zero-order valence-electron chi connectivity index (χ0n) is 13.8. The van der Waals surface area contributed by atoms with Gasteiger partial charge >= 0.3 is 0 Å². The van der Waals surface area contributed by atoms with Crippen LogP contribution in [0, 0.1) is 5.92 Å². The number of sulfone groups is 1. The first kappa shape index (κ1) is 17.9. The first-order valence-corrected chi connectivity index (χ1v) is 9.15. The van der Waals surface area contributed by atoms with E-state index in [2.05, 4.69) is 37.2 Å². The van der Waals surface area contributed by atoms with Gasteiger partial charge in [0.1, 0.15) is 0 Å². The van der Waals surface area contributed by atoms with E-state index in [1.807, 2.05) is 11.5 Å². The average molecular weight is 313 g/mol. The lowest BCUT2D eigenvalue weighted by Crippen LogP contribution is -2.26. The summed E-state index contributed by atoms with van der Waals surface area (Å²) in [6.07, 6.45) is 2.89. The highest BCUT2D eigenvalue weighted by Gasteiger charge is 2.20. The molecule has 0 bridgehead atoms. The van der Waals surface area contributed by atoms with Crippen molar-refractivity contribution in [3.8, 4) is 0 Å². The Balaban J connectivity index is 3.11. The van der Waals surface area contributed by atoms with Crippen LogP contribution in [0.3, 0.4) is 0 Å². The van der Waals surface area contributed by atoms with Gasteiger partial charge in [-0.1, -0.05) is 32.9 Å². The average Bonchev–Trinajstić information content (AvgIpc) is 2.69. The SMILES string of the molecule is C=C(C)CN(CC)Cc1cnc(S(C)(=O)=O)n1CC(C)C. The Morgan fingerprint density at radius 1 is 1.48 bits per heavy atom. The molecule has 0 aliphatic rings. The molecule has 0 atom stereocenters. The van der Waals surface area contributed by atoms with Gasteiger partial charge in [0.05, 0.1) is 11.9 Å². The van der Waals surface area contributed by atoms with E-state index < -0.39 is 9.84 Å². The Hall–Kier alpha value is -1.14. The Labute approximate surface area is 128 Å². The second-order valence-corrected chi connectivity index (χ2v) is 7.98. The second kappa shape index (κ2) is 7.22. The summed E-state index contributed by atoms with van der Waals surface area (Å²) >= 11 is 0. The third-order valence-electron chi connectivity index (χ3n) is 3.11. The molecule has 0 aliphatic carbocycles. The molecule has 1 rings (SSSR count). The van der Waals surface area contributed by atoms with Crippen LogP contribution >= 0.6 is 0 Å². The lowest BCUT2D eigenvalue weighted by Gasteiger charge is -2.22. The highest BCUT2D eigenvalue weighted by atomic mass is 32.2. The molecular weight excluding hydrogens is 286 g/mol. The number of likely N-dealkylation sites (N-methyl/N-ethyl adjacent to an activating group) is 1. The molecule has 0 fully saturated rings. The molecule has 21 heavy (non-hydrogen) atoms. The molecule has 0 aromatic carbocycles. The third-order valence-corrected chi connectivity index (χ3v) is 4.10. The van der Waals surface area contributed by atoms with Gasteiger partial charge in [-0.2, -0.15) is 0 Å². The first-order valence-electron chi connectivity index (χ1n) is 7.26. The maximum Gasteiger partial charge on any atom is 0.227 e. The fraction of sp³-hybridized carbons (Fsp3) is 0.667. The quantitative estimate of drug-likeness (QED) is 0.691. The number of imidazole rings is 1. The lowest BCUT2D eigenvalue weighted by molar-refractivity contribution is 0.291. The van der Waals surface area contributed by atoms with Gasteiger partial charge in [-0.05, 0) is 19.4 Å².